The molecule has 2 atom stereocenters. The van der Waals surface area contributed by atoms with E-state index in [1.54, 1.807) is 0 Å². The maximum atomic E-state index is 12.4. The van der Waals surface area contributed by atoms with E-state index in [0.717, 1.165) is 28.5 Å². The molecule has 118 valence electrons. The summed E-state index contributed by atoms with van der Waals surface area (Å²) in [7, 11) is 0. The van der Waals surface area contributed by atoms with Gasteiger partial charge in [-0.25, -0.2) is 4.98 Å². The number of amides is 1. The predicted molar refractivity (Wildman–Crippen MR) is 80.5 cm³/mol. The monoisotopic (exact) mass is 303 g/mol. The van der Waals surface area contributed by atoms with Gasteiger partial charge >= 0.3 is 0 Å². The number of nitrogens with one attached hydrogen (secondary N) is 3. The van der Waals surface area contributed by atoms with Gasteiger partial charge < -0.3 is 15.0 Å². The summed E-state index contributed by atoms with van der Waals surface area (Å²) in [5.74, 6) is 0.559. The molecule has 0 bridgehead atoms. The minimum atomic E-state index is -0.189. The number of H-pyrrole nitrogens is 2. The van der Waals surface area contributed by atoms with Gasteiger partial charge in [0.05, 0.1) is 30.1 Å². The van der Waals surface area contributed by atoms with Crippen LogP contribution < -0.4 is 5.32 Å². The lowest BCUT2D eigenvalue weighted by Gasteiger charge is -2.25. The number of aromatic amines is 2. The number of fused-ring (bicyclic) bond motifs is 1. The van der Waals surface area contributed by atoms with E-state index in [1.807, 2.05) is 27.7 Å². The molecule has 7 heteroatoms. The fourth-order valence-electron chi connectivity index (χ4n) is 2.81. The number of rotatable bonds is 3. The second kappa shape index (κ2) is 5.57. The Morgan fingerprint density at radius 1 is 1.41 bits per heavy atom. The van der Waals surface area contributed by atoms with Crippen LogP contribution in [-0.4, -0.2) is 32.2 Å². The lowest BCUT2D eigenvalue weighted by molar-refractivity contribution is -0.00697. The van der Waals surface area contributed by atoms with Crippen molar-refractivity contribution < 1.29 is 9.53 Å². The molecule has 1 aliphatic heterocycles. The second-order valence-corrected chi connectivity index (χ2v) is 5.83. The van der Waals surface area contributed by atoms with E-state index in [0.29, 0.717) is 18.7 Å². The van der Waals surface area contributed by atoms with Crippen LogP contribution in [0.2, 0.25) is 0 Å². The minimum absolute atomic E-state index is 0.0665. The van der Waals surface area contributed by atoms with Gasteiger partial charge in [-0.05, 0) is 27.7 Å². The van der Waals surface area contributed by atoms with Crippen molar-refractivity contribution >= 4 is 5.91 Å². The van der Waals surface area contributed by atoms with Crippen LogP contribution in [0.1, 0.15) is 58.9 Å². The van der Waals surface area contributed by atoms with Gasteiger partial charge in [0, 0.05) is 17.7 Å². The van der Waals surface area contributed by atoms with Gasteiger partial charge in [0.2, 0.25) is 0 Å². The minimum Gasteiger partial charge on any atom is -0.369 e. The Bertz CT molecular complexity index is 683. The molecule has 0 spiro atoms. The average Bonchev–Trinajstić information content (AvgIpc) is 3.00. The van der Waals surface area contributed by atoms with Crippen molar-refractivity contribution in [1.29, 1.82) is 0 Å². The predicted octanol–water partition coefficient (Wildman–Crippen LogP) is 1.70. The molecule has 1 amide bonds. The van der Waals surface area contributed by atoms with Crippen molar-refractivity contribution in [3.05, 3.63) is 34.2 Å². The second-order valence-electron chi connectivity index (χ2n) is 5.83. The fraction of sp³-hybridized carbons (Fsp3) is 0.533. The zero-order valence-corrected chi connectivity index (χ0v) is 13.3. The van der Waals surface area contributed by atoms with Crippen LogP contribution in [0.25, 0.3) is 0 Å². The van der Waals surface area contributed by atoms with Crippen molar-refractivity contribution in [2.75, 3.05) is 0 Å². The highest BCUT2D eigenvalue weighted by Gasteiger charge is 2.29. The van der Waals surface area contributed by atoms with Crippen molar-refractivity contribution in [3.8, 4) is 0 Å². The van der Waals surface area contributed by atoms with E-state index in [-0.39, 0.29) is 18.1 Å². The van der Waals surface area contributed by atoms with Gasteiger partial charge in [-0.1, -0.05) is 0 Å². The summed E-state index contributed by atoms with van der Waals surface area (Å²) in [4.78, 5) is 19.9. The number of imidazole rings is 1. The summed E-state index contributed by atoms with van der Waals surface area (Å²) >= 11 is 0. The highest BCUT2D eigenvalue weighted by molar-refractivity contribution is 5.94. The van der Waals surface area contributed by atoms with E-state index in [4.69, 9.17) is 4.74 Å². The summed E-state index contributed by atoms with van der Waals surface area (Å²) in [5, 5.41) is 9.97. The van der Waals surface area contributed by atoms with Crippen molar-refractivity contribution in [1.82, 2.24) is 25.5 Å². The van der Waals surface area contributed by atoms with Gasteiger partial charge in [0.15, 0.2) is 5.69 Å². The highest BCUT2D eigenvalue weighted by atomic mass is 16.5. The Labute approximate surface area is 128 Å². The Morgan fingerprint density at radius 2 is 2.18 bits per heavy atom. The molecular formula is C15H21N5O2. The van der Waals surface area contributed by atoms with Gasteiger partial charge in [-0.15, -0.1) is 0 Å². The molecule has 0 radical (unpaired) electrons. The van der Waals surface area contributed by atoms with Crippen molar-refractivity contribution in [2.45, 2.75) is 52.9 Å². The quantitative estimate of drug-likeness (QED) is 0.804. The molecule has 0 unspecified atom stereocenters. The van der Waals surface area contributed by atoms with Gasteiger partial charge in [0.25, 0.3) is 5.91 Å². The lowest BCUT2D eigenvalue weighted by Crippen LogP contribution is -2.27. The van der Waals surface area contributed by atoms with Gasteiger partial charge in [-0.3, -0.25) is 9.89 Å². The first kappa shape index (κ1) is 14.8. The maximum absolute atomic E-state index is 12.4. The first-order valence-corrected chi connectivity index (χ1v) is 7.48. The summed E-state index contributed by atoms with van der Waals surface area (Å²) in [6.45, 7) is 8.21. The summed E-state index contributed by atoms with van der Waals surface area (Å²) in [6.07, 6.45) is 0.711. The van der Waals surface area contributed by atoms with Gasteiger partial charge in [0.1, 0.15) is 5.82 Å². The molecule has 3 rings (SSSR count). The Kier molecular flexibility index (Phi) is 3.74. The normalized spacial score (nSPS) is 20.7. The largest absolute Gasteiger partial charge is 0.369 e. The Morgan fingerprint density at radius 3 is 2.86 bits per heavy atom. The molecule has 7 nitrogen and oxygen atoms in total. The fourth-order valence-corrected chi connectivity index (χ4v) is 2.81. The number of hydrogen-bond donors (Lipinski definition) is 3. The molecular weight excluding hydrogens is 282 g/mol. The topological polar surface area (TPSA) is 95.7 Å². The van der Waals surface area contributed by atoms with Crippen LogP contribution in [0, 0.1) is 13.8 Å². The number of nitrogens with zero attached hydrogens (tertiary/aromatic N) is 2. The van der Waals surface area contributed by atoms with Crippen LogP contribution >= 0.6 is 0 Å². The number of carbonyl (C=O) groups excluding carboxylic acids is 1. The molecule has 3 N–H and O–H groups in total. The zero-order chi connectivity index (χ0) is 15.9. The SMILES string of the molecule is Cc1nc(CNC(=O)c2n[nH]c3c2C[C@@H](C)O[C@H]3C)[nH]c1C. The standard InChI is InChI=1S/C15H21N5O2/c1-7-5-11-13(10(4)22-7)19-20-14(11)15(21)16-6-12-17-8(2)9(3)18-12/h7,10H,5-6H2,1-4H3,(H,16,21)(H,17,18)(H,19,20)/t7-,10+/m1/s1. The molecule has 3 heterocycles. The molecule has 2 aromatic heterocycles. The third-order valence-corrected chi connectivity index (χ3v) is 4.04. The van der Waals surface area contributed by atoms with Crippen molar-refractivity contribution in [2.24, 2.45) is 0 Å². The highest BCUT2D eigenvalue weighted by Crippen LogP contribution is 2.29. The van der Waals surface area contributed by atoms with E-state index in [9.17, 15) is 4.79 Å². The third-order valence-electron chi connectivity index (χ3n) is 4.04. The third kappa shape index (κ3) is 2.64. The number of hydrogen-bond acceptors (Lipinski definition) is 4. The summed E-state index contributed by atoms with van der Waals surface area (Å²) in [6, 6.07) is 0. The van der Waals surface area contributed by atoms with E-state index in [1.165, 1.54) is 0 Å². The van der Waals surface area contributed by atoms with E-state index >= 15 is 0 Å². The maximum Gasteiger partial charge on any atom is 0.272 e. The molecule has 0 saturated carbocycles. The molecule has 0 aromatic carbocycles. The number of ether oxygens (including phenoxy) is 1. The van der Waals surface area contributed by atoms with Gasteiger partial charge in [-0.2, -0.15) is 5.10 Å². The Balaban J connectivity index is 1.73. The molecule has 2 aromatic rings. The number of aromatic nitrogens is 4. The average molecular weight is 303 g/mol. The molecule has 1 aliphatic rings. The van der Waals surface area contributed by atoms with E-state index in [2.05, 4.69) is 25.5 Å². The molecule has 0 fully saturated rings. The van der Waals surface area contributed by atoms with Crippen LogP contribution in [0.5, 0.6) is 0 Å². The Hall–Kier alpha value is -2.15. The first-order valence-electron chi connectivity index (χ1n) is 7.48. The summed E-state index contributed by atoms with van der Waals surface area (Å²) < 4.78 is 5.73. The first-order chi connectivity index (χ1) is 10.5. The molecule has 0 aliphatic carbocycles. The molecule has 22 heavy (non-hydrogen) atoms. The summed E-state index contributed by atoms with van der Waals surface area (Å²) in [5.41, 5.74) is 4.27. The van der Waals surface area contributed by atoms with Crippen molar-refractivity contribution in [3.63, 3.8) is 0 Å². The van der Waals surface area contributed by atoms with Crippen LogP contribution in [0.3, 0.4) is 0 Å². The molecule has 0 saturated heterocycles. The van der Waals surface area contributed by atoms with E-state index < -0.39 is 0 Å². The number of aryl methyl sites for hydroxylation is 2. The zero-order valence-electron chi connectivity index (χ0n) is 13.3. The number of carbonyl (C=O) groups is 1. The van der Waals surface area contributed by atoms with Crippen LogP contribution in [0.15, 0.2) is 0 Å². The van der Waals surface area contributed by atoms with Crippen LogP contribution in [-0.2, 0) is 17.7 Å². The van der Waals surface area contributed by atoms with Crippen LogP contribution in [0.4, 0.5) is 0 Å². The lowest BCUT2D eigenvalue weighted by atomic mass is 9.99. The smallest absolute Gasteiger partial charge is 0.272 e.